The van der Waals surface area contributed by atoms with Gasteiger partial charge < -0.3 is 9.47 Å². The Bertz CT molecular complexity index is 3440. The molecule has 0 fully saturated rings. The number of fused-ring (bicyclic) bond motifs is 6. The predicted molar refractivity (Wildman–Crippen MR) is 263 cm³/mol. The molecule has 0 radical (unpaired) electrons. The molecule has 10 aromatic carbocycles. The van der Waals surface area contributed by atoms with Gasteiger partial charge in [0.1, 0.15) is 0 Å². The SMILES string of the molecule is c1ccc(-c2cc(-c3ccccc3)cc(N(c3ccccc3)c3cc4c5c(c3)C(c3ccccc3)(c3ccccc3)c3ccc6c7ccccc7n(c6c3-5)-c3ccccc3-4)c2)cc1. The molecule has 294 valence electrons. The van der Waals surface area contributed by atoms with Crippen LogP contribution in [0.15, 0.2) is 243 Å². The third-order valence-electron chi connectivity index (χ3n) is 13.5. The number of benzene rings is 10. The highest BCUT2D eigenvalue weighted by Crippen LogP contribution is 2.63. The van der Waals surface area contributed by atoms with E-state index < -0.39 is 5.41 Å². The number of aromatic nitrogens is 1. The molecule has 0 N–H and O–H groups in total. The molecule has 13 rings (SSSR count). The van der Waals surface area contributed by atoms with E-state index in [1.165, 1.54) is 94.3 Å². The summed E-state index contributed by atoms with van der Waals surface area (Å²) in [6.45, 7) is 0. The average Bonchev–Trinajstić information content (AvgIpc) is 3.81. The Morgan fingerprint density at radius 1 is 0.333 bits per heavy atom. The van der Waals surface area contributed by atoms with Gasteiger partial charge in [0.2, 0.25) is 0 Å². The Morgan fingerprint density at radius 3 is 1.52 bits per heavy atom. The topological polar surface area (TPSA) is 8.17 Å². The van der Waals surface area contributed by atoms with Gasteiger partial charge in [-0.2, -0.15) is 0 Å². The molecule has 63 heavy (non-hydrogen) atoms. The van der Waals surface area contributed by atoms with Gasteiger partial charge in [0.05, 0.1) is 22.1 Å². The van der Waals surface area contributed by atoms with Crippen molar-refractivity contribution in [1.29, 1.82) is 0 Å². The van der Waals surface area contributed by atoms with Crippen LogP contribution in [0.4, 0.5) is 17.1 Å². The summed E-state index contributed by atoms with van der Waals surface area (Å²) in [5, 5.41) is 2.54. The van der Waals surface area contributed by atoms with Gasteiger partial charge >= 0.3 is 0 Å². The summed E-state index contributed by atoms with van der Waals surface area (Å²) in [5.74, 6) is 0. The Morgan fingerprint density at radius 2 is 0.873 bits per heavy atom. The standard InChI is InChI=1S/C61H40N2/c1-6-20-41(21-7-1)43-36-44(42-22-8-2-9-23-42)38-48(37-43)62(47-28-14-5-15-29-47)49-39-53-51-31-17-19-33-57(51)63-56-32-18-16-30-50(56)52-34-35-54-59(60(52)63)58(53)55(40-49)61(54,45-24-10-3-11-25-45)46-26-12-4-13-27-46/h1-40H. The van der Waals surface area contributed by atoms with Crippen molar-refractivity contribution in [3.05, 3.63) is 265 Å². The molecule has 0 bridgehead atoms. The normalized spacial score (nSPS) is 12.9. The van der Waals surface area contributed by atoms with Crippen LogP contribution in [0.5, 0.6) is 0 Å². The second-order valence-corrected chi connectivity index (χ2v) is 16.8. The van der Waals surface area contributed by atoms with Gasteiger partial charge in [0, 0.05) is 39.0 Å². The number of anilines is 3. The lowest BCUT2D eigenvalue weighted by atomic mass is 9.67. The molecule has 2 aliphatic rings. The van der Waals surface area contributed by atoms with Crippen LogP contribution < -0.4 is 4.90 Å². The fraction of sp³-hybridized carbons (Fsp3) is 0.0164. The van der Waals surface area contributed by atoms with Crippen molar-refractivity contribution in [1.82, 2.24) is 4.57 Å². The fourth-order valence-corrected chi connectivity index (χ4v) is 11.0. The van der Waals surface area contributed by atoms with E-state index in [1.54, 1.807) is 0 Å². The first-order valence-corrected chi connectivity index (χ1v) is 21.8. The third kappa shape index (κ3) is 5.19. The first-order valence-electron chi connectivity index (χ1n) is 21.8. The Labute approximate surface area is 367 Å². The molecule has 11 aromatic rings. The summed E-state index contributed by atoms with van der Waals surface area (Å²) in [5.41, 5.74) is 21.2. The van der Waals surface area contributed by atoms with E-state index in [2.05, 4.69) is 252 Å². The van der Waals surface area contributed by atoms with Crippen molar-refractivity contribution in [2.45, 2.75) is 5.41 Å². The summed E-state index contributed by atoms with van der Waals surface area (Å²) in [4.78, 5) is 2.48. The molecular weight excluding hydrogens is 761 g/mol. The molecule has 0 saturated heterocycles. The molecule has 2 nitrogen and oxygen atoms in total. The van der Waals surface area contributed by atoms with Crippen molar-refractivity contribution in [3.63, 3.8) is 0 Å². The van der Waals surface area contributed by atoms with Gasteiger partial charge in [-0.05, 0) is 110 Å². The monoisotopic (exact) mass is 800 g/mol. The quantitative estimate of drug-likeness (QED) is 0.156. The number of hydrogen-bond donors (Lipinski definition) is 0. The molecule has 1 aliphatic heterocycles. The lowest BCUT2D eigenvalue weighted by molar-refractivity contribution is 0.769. The minimum atomic E-state index is -0.622. The van der Waals surface area contributed by atoms with E-state index in [0.717, 1.165) is 17.1 Å². The van der Waals surface area contributed by atoms with Gasteiger partial charge in [0.25, 0.3) is 0 Å². The third-order valence-corrected chi connectivity index (χ3v) is 13.5. The lowest BCUT2D eigenvalue weighted by Crippen LogP contribution is -2.29. The van der Waals surface area contributed by atoms with Crippen molar-refractivity contribution < 1.29 is 0 Å². The Hall–Kier alpha value is -8.20. The van der Waals surface area contributed by atoms with Crippen LogP contribution in [0.2, 0.25) is 0 Å². The van der Waals surface area contributed by atoms with E-state index in [9.17, 15) is 0 Å². The fourth-order valence-electron chi connectivity index (χ4n) is 11.0. The van der Waals surface area contributed by atoms with E-state index >= 15 is 0 Å². The van der Waals surface area contributed by atoms with Crippen LogP contribution in [0.25, 0.3) is 72.0 Å². The maximum absolute atomic E-state index is 2.55. The summed E-state index contributed by atoms with van der Waals surface area (Å²) in [7, 11) is 0. The highest BCUT2D eigenvalue weighted by Gasteiger charge is 2.49. The van der Waals surface area contributed by atoms with Crippen molar-refractivity contribution >= 4 is 38.9 Å². The average molecular weight is 801 g/mol. The van der Waals surface area contributed by atoms with E-state index in [4.69, 9.17) is 0 Å². The van der Waals surface area contributed by atoms with E-state index in [-0.39, 0.29) is 0 Å². The molecule has 2 heteroatoms. The molecule has 1 aliphatic carbocycles. The minimum Gasteiger partial charge on any atom is -0.310 e. The molecule has 0 atom stereocenters. The number of hydrogen-bond acceptors (Lipinski definition) is 1. The smallest absolute Gasteiger partial charge is 0.0715 e. The number of para-hydroxylation sites is 3. The van der Waals surface area contributed by atoms with Crippen LogP contribution in [0, 0.1) is 0 Å². The second-order valence-electron chi connectivity index (χ2n) is 16.8. The highest BCUT2D eigenvalue weighted by atomic mass is 15.1. The van der Waals surface area contributed by atoms with Crippen LogP contribution in [-0.4, -0.2) is 4.57 Å². The molecule has 0 unspecified atom stereocenters. The summed E-state index contributed by atoms with van der Waals surface area (Å²) < 4.78 is 2.55. The van der Waals surface area contributed by atoms with Crippen LogP contribution in [0.1, 0.15) is 22.3 Å². The maximum atomic E-state index is 2.55. The number of rotatable bonds is 7. The van der Waals surface area contributed by atoms with E-state index in [1.807, 2.05) is 0 Å². The van der Waals surface area contributed by atoms with Gasteiger partial charge in [0.15, 0.2) is 0 Å². The van der Waals surface area contributed by atoms with Crippen LogP contribution in [-0.2, 0) is 5.41 Å². The van der Waals surface area contributed by atoms with Gasteiger partial charge in [-0.1, -0.05) is 188 Å². The lowest BCUT2D eigenvalue weighted by Gasteiger charge is -2.35. The molecule has 1 aromatic heterocycles. The number of nitrogens with zero attached hydrogens (tertiary/aromatic N) is 2. The Balaban J connectivity index is 1.20. The van der Waals surface area contributed by atoms with Crippen molar-refractivity contribution in [2.75, 3.05) is 4.90 Å². The first-order chi connectivity index (χ1) is 31.3. The summed E-state index contributed by atoms with van der Waals surface area (Å²) in [6, 6.07) is 89.8. The maximum Gasteiger partial charge on any atom is 0.0715 e. The zero-order valence-corrected chi connectivity index (χ0v) is 34.5. The summed E-state index contributed by atoms with van der Waals surface area (Å²) >= 11 is 0. The van der Waals surface area contributed by atoms with Crippen LogP contribution >= 0.6 is 0 Å². The molecule has 0 spiro atoms. The molecule has 2 heterocycles. The first kappa shape index (κ1) is 35.5. The van der Waals surface area contributed by atoms with Crippen LogP contribution in [0.3, 0.4) is 0 Å². The van der Waals surface area contributed by atoms with Crippen molar-refractivity contribution in [3.8, 4) is 50.2 Å². The minimum absolute atomic E-state index is 0.622. The largest absolute Gasteiger partial charge is 0.310 e. The summed E-state index contributed by atoms with van der Waals surface area (Å²) in [6.07, 6.45) is 0. The van der Waals surface area contributed by atoms with E-state index in [0.29, 0.717) is 0 Å². The van der Waals surface area contributed by atoms with Gasteiger partial charge in [-0.15, -0.1) is 0 Å². The van der Waals surface area contributed by atoms with Crippen molar-refractivity contribution in [2.24, 2.45) is 0 Å². The van der Waals surface area contributed by atoms with Gasteiger partial charge in [-0.25, -0.2) is 0 Å². The second kappa shape index (κ2) is 13.9. The van der Waals surface area contributed by atoms with Gasteiger partial charge in [-0.3, -0.25) is 0 Å². The highest BCUT2D eigenvalue weighted by molar-refractivity contribution is 6.19. The molecular formula is C61H40N2. The Kier molecular flexibility index (Phi) is 7.85. The molecule has 0 amide bonds. The predicted octanol–water partition coefficient (Wildman–Crippen LogP) is 15.9. The molecule has 0 saturated carbocycles. The zero-order valence-electron chi connectivity index (χ0n) is 34.5. The zero-order chi connectivity index (χ0) is 41.5.